The first-order valence-electron chi connectivity index (χ1n) is 9.88. The molecule has 0 radical (unpaired) electrons. The maximum Gasteiger partial charge on any atom is 0.193 e. The first kappa shape index (κ1) is 22.4. The zero-order valence-electron chi connectivity index (χ0n) is 16.9. The van der Waals surface area contributed by atoms with Gasteiger partial charge in [-0.1, -0.05) is 32.0 Å². The SMILES string of the molecule is CN=C(NCC1CCN(Cc2ccccc2F)CC1)N1CCC(C)(C)C1.I. The molecule has 2 fully saturated rings. The molecule has 27 heavy (non-hydrogen) atoms. The molecule has 6 heteroatoms. The fraction of sp³-hybridized carbons (Fsp3) is 0.667. The molecule has 2 saturated heterocycles. The second-order valence-corrected chi connectivity index (χ2v) is 8.57. The van der Waals surface area contributed by atoms with Crippen molar-refractivity contribution in [2.24, 2.45) is 16.3 Å². The third kappa shape index (κ3) is 6.31. The average Bonchev–Trinajstić information content (AvgIpc) is 2.99. The van der Waals surface area contributed by atoms with E-state index in [9.17, 15) is 4.39 Å². The lowest BCUT2D eigenvalue weighted by Crippen LogP contribution is -2.44. The summed E-state index contributed by atoms with van der Waals surface area (Å²) < 4.78 is 13.8. The third-order valence-corrected chi connectivity index (χ3v) is 5.80. The van der Waals surface area contributed by atoms with Gasteiger partial charge in [-0.15, -0.1) is 24.0 Å². The van der Waals surface area contributed by atoms with Crippen LogP contribution in [0.3, 0.4) is 0 Å². The molecule has 1 aromatic rings. The lowest BCUT2D eigenvalue weighted by molar-refractivity contribution is 0.176. The Hall–Kier alpha value is -0.890. The van der Waals surface area contributed by atoms with Crippen LogP contribution in [0, 0.1) is 17.2 Å². The van der Waals surface area contributed by atoms with E-state index in [1.807, 2.05) is 19.2 Å². The quantitative estimate of drug-likeness (QED) is 0.396. The lowest BCUT2D eigenvalue weighted by Gasteiger charge is -2.33. The summed E-state index contributed by atoms with van der Waals surface area (Å²) in [6, 6.07) is 7.12. The minimum Gasteiger partial charge on any atom is -0.356 e. The molecule has 1 aromatic carbocycles. The van der Waals surface area contributed by atoms with Crippen LogP contribution < -0.4 is 5.32 Å². The van der Waals surface area contributed by atoms with Crippen LogP contribution in [-0.2, 0) is 6.54 Å². The standard InChI is InChI=1S/C21H33FN4.HI/c1-21(2)10-13-26(16-21)20(23-3)24-14-17-8-11-25(12-9-17)15-18-6-4-5-7-19(18)22;/h4-7,17H,8-16H2,1-3H3,(H,23,24);1H. The van der Waals surface area contributed by atoms with Crippen LogP contribution >= 0.6 is 24.0 Å². The second-order valence-electron chi connectivity index (χ2n) is 8.57. The van der Waals surface area contributed by atoms with E-state index >= 15 is 0 Å². The molecular weight excluding hydrogens is 454 g/mol. The zero-order valence-corrected chi connectivity index (χ0v) is 19.2. The molecular formula is C21H34FIN4. The fourth-order valence-corrected chi connectivity index (χ4v) is 4.08. The molecule has 2 aliphatic heterocycles. The van der Waals surface area contributed by atoms with Gasteiger partial charge in [-0.25, -0.2) is 4.39 Å². The van der Waals surface area contributed by atoms with E-state index in [4.69, 9.17) is 0 Å². The highest BCUT2D eigenvalue weighted by molar-refractivity contribution is 14.0. The molecule has 3 rings (SSSR count). The van der Waals surface area contributed by atoms with Gasteiger partial charge in [0.25, 0.3) is 0 Å². The normalized spacial score (nSPS) is 21.2. The highest BCUT2D eigenvalue weighted by atomic mass is 127. The average molecular weight is 488 g/mol. The van der Waals surface area contributed by atoms with Crippen LogP contribution in [0.2, 0.25) is 0 Å². The summed E-state index contributed by atoms with van der Waals surface area (Å²) >= 11 is 0. The van der Waals surface area contributed by atoms with Gasteiger partial charge in [0.15, 0.2) is 5.96 Å². The summed E-state index contributed by atoms with van der Waals surface area (Å²) in [5.74, 6) is 1.62. The predicted molar refractivity (Wildman–Crippen MR) is 121 cm³/mol. The van der Waals surface area contributed by atoms with Gasteiger partial charge in [0, 0.05) is 38.8 Å². The molecule has 0 spiro atoms. The summed E-state index contributed by atoms with van der Waals surface area (Å²) in [5, 5.41) is 3.59. The number of guanidine groups is 1. The molecule has 4 nitrogen and oxygen atoms in total. The number of rotatable bonds is 4. The van der Waals surface area contributed by atoms with Gasteiger partial charge in [-0.05, 0) is 49.8 Å². The molecule has 0 saturated carbocycles. The Morgan fingerprint density at radius 1 is 1.22 bits per heavy atom. The molecule has 0 aliphatic carbocycles. The highest BCUT2D eigenvalue weighted by Crippen LogP contribution is 2.28. The van der Waals surface area contributed by atoms with Gasteiger partial charge in [0.1, 0.15) is 5.82 Å². The van der Waals surface area contributed by atoms with Gasteiger partial charge >= 0.3 is 0 Å². The number of hydrogen-bond donors (Lipinski definition) is 1. The first-order chi connectivity index (χ1) is 12.5. The minimum absolute atomic E-state index is 0. The van der Waals surface area contributed by atoms with Crippen molar-refractivity contribution in [3.63, 3.8) is 0 Å². The molecule has 0 bridgehead atoms. The number of piperidine rings is 1. The molecule has 2 heterocycles. The predicted octanol–water partition coefficient (Wildman–Crippen LogP) is 3.96. The van der Waals surface area contributed by atoms with E-state index in [0.717, 1.165) is 63.6 Å². The van der Waals surface area contributed by atoms with Gasteiger partial charge in [-0.2, -0.15) is 0 Å². The monoisotopic (exact) mass is 488 g/mol. The molecule has 0 atom stereocenters. The smallest absolute Gasteiger partial charge is 0.193 e. The Morgan fingerprint density at radius 3 is 2.52 bits per heavy atom. The second kappa shape index (κ2) is 10.0. The van der Waals surface area contributed by atoms with Crippen molar-refractivity contribution in [1.29, 1.82) is 0 Å². The van der Waals surface area contributed by atoms with Crippen molar-refractivity contribution in [3.05, 3.63) is 35.6 Å². The maximum atomic E-state index is 13.8. The Kier molecular flexibility index (Phi) is 8.34. The number of hydrogen-bond acceptors (Lipinski definition) is 2. The van der Waals surface area contributed by atoms with Crippen molar-refractivity contribution in [1.82, 2.24) is 15.1 Å². The van der Waals surface area contributed by atoms with Gasteiger partial charge in [0.2, 0.25) is 0 Å². The van der Waals surface area contributed by atoms with Crippen LogP contribution in [-0.4, -0.2) is 55.5 Å². The van der Waals surface area contributed by atoms with Crippen LogP contribution in [0.25, 0.3) is 0 Å². The number of likely N-dealkylation sites (tertiary alicyclic amines) is 2. The summed E-state index contributed by atoms with van der Waals surface area (Å²) in [4.78, 5) is 9.23. The largest absolute Gasteiger partial charge is 0.356 e. The maximum absolute atomic E-state index is 13.8. The summed E-state index contributed by atoms with van der Waals surface area (Å²) in [6.45, 7) is 10.6. The summed E-state index contributed by atoms with van der Waals surface area (Å²) in [7, 11) is 1.88. The molecule has 1 N–H and O–H groups in total. The molecule has 0 unspecified atom stereocenters. The zero-order chi connectivity index (χ0) is 18.6. The van der Waals surface area contributed by atoms with Crippen molar-refractivity contribution < 1.29 is 4.39 Å². The molecule has 2 aliphatic rings. The fourth-order valence-electron chi connectivity index (χ4n) is 4.08. The number of benzene rings is 1. The summed E-state index contributed by atoms with van der Waals surface area (Å²) in [5.41, 5.74) is 1.19. The van der Waals surface area contributed by atoms with Crippen molar-refractivity contribution >= 4 is 29.9 Å². The number of nitrogens with one attached hydrogen (secondary N) is 1. The van der Waals surface area contributed by atoms with Crippen molar-refractivity contribution in [3.8, 4) is 0 Å². The van der Waals surface area contributed by atoms with Crippen molar-refractivity contribution in [2.75, 3.05) is 39.8 Å². The Morgan fingerprint density at radius 2 is 1.93 bits per heavy atom. The molecule has 152 valence electrons. The molecule has 0 amide bonds. The lowest BCUT2D eigenvalue weighted by atomic mass is 9.93. The minimum atomic E-state index is -0.0892. The van der Waals surface area contributed by atoms with Crippen LogP contribution in [0.4, 0.5) is 4.39 Å². The topological polar surface area (TPSA) is 30.9 Å². The van der Waals surface area contributed by atoms with E-state index in [0.29, 0.717) is 11.3 Å². The van der Waals surface area contributed by atoms with E-state index in [-0.39, 0.29) is 29.8 Å². The van der Waals surface area contributed by atoms with Gasteiger partial charge in [-0.3, -0.25) is 9.89 Å². The highest BCUT2D eigenvalue weighted by Gasteiger charge is 2.31. The molecule has 0 aromatic heterocycles. The number of aliphatic imine (C=N–C) groups is 1. The van der Waals surface area contributed by atoms with E-state index < -0.39 is 0 Å². The van der Waals surface area contributed by atoms with Gasteiger partial charge in [0.05, 0.1) is 0 Å². The Bertz CT molecular complexity index is 626. The van der Waals surface area contributed by atoms with E-state index in [2.05, 4.69) is 34.0 Å². The number of halogens is 2. The first-order valence-corrected chi connectivity index (χ1v) is 9.88. The third-order valence-electron chi connectivity index (χ3n) is 5.80. The Labute approximate surface area is 180 Å². The van der Waals surface area contributed by atoms with E-state index in [1.165, 1.54) is 6.42 Å². The summed E-state index contributed by atoms with van der Waals surface area (Å²) in [6.07, 6.45) is 3.54. The van der Waals surface area contributed by atoms with Gasteiger partial charge < -0.3 is 10.2 Å². The van der Waals surface area contributed by atoms with Crippen LogP contribution in [0.15, 0.2) is 29.3 Å². The Balaban J connectivity index is 0.00000261. The van der Waals surface area contributed by atoms with Crippen molar-refractivity contribution in [2.45, 2.75) is 39.7 Å². The van der Waals surface area contributed by atoms with Crippen LogP contribution in [0.1, 0.15) is 38.7 Å². The van der Waals surface area contributed by atoms with Crippen LogP contribution in [0.5, 0.6) is 0 Å². The number of nitrogens with zero attached hydrogens (tertiary/aromatic N) is 3. The van der Waals surface area contributed by atoms with E-state index in [1.54, 1.807) is 12.1 Å².